The number of rotatable bonds is 5. The van der Waals surface area contributed by atoms with E-state index in [-0.39, 0.29) is 24.3 Å². The van der Waals surface area contributed by atoms with Crippen LogP contribution in [0, 0.1) is 17.5 Å². The fourth-order valence-corrected chi connectivity index (χ4v) is 3.46. The second kappa shape index (κ2) is 9.00. The van der Waals surface area contributed by atoms with Crippen LogP contribution in [0.15, 0.2) is 48.8 Å². The number of nitrogens with two attached hydrogens (primary N) is 2. The predicted molar refractivity (Wildman–Crippen MR) is 105 cm³/mol. The number of halogens is 3. The first-order valence-electron chi connectivity index (χ1n) is 9.28. The van der Waals surface area contributed by atoms with Gasteiger partial charge in [-0.1, -0.05) is 18.2 Å². The first-order chi connectivity index (χ1) is 13.9. The highest BCUT2D eigenvalue weighted by Gasteiger charge is 2.24. The molecule has 0 saturated carbocycles. The van der Waals surface area contributed by atoms with Crippen molar-refractivity contribution in [1.82, 2.24) is 4.90 Å². The van der Waals surface area contributed by atoms with Gasteiger partial charge in [-0.2, -0.15) is 0 Å². The molecule has 1 aliphatic heterocycles. The molecule has 1 atom stereocenters. The Labute approximate surface area is 167 Å². The molecule has 0 fully saturated rings. The average molecular weight is 404 g/mol. The van der Waals surface area contributed by atoms with Gasteiger partial charge in [0.2, 0.25) is 5.91 Å². The number of nitrogens with zero attached hydrogens (tertiary/aromatic N) is 2. The molecule has 0 aromatic heterocycles. The molecule has 2 aromatic rings. The van der Waals surface area contributed by atoms with Crippen LogP contribution in [0.1, 0.15) is 17.5 Å². The van der Waals surface area contributed by atoms with E-state index < -0.39 is 23.5 Å². The molecule has 154 valence electrons. The van der Waals surface area contributed by atoms with E-state index in [0.29, 0.717) is 25.7 Å². The summed E-state index contributed by atoms with van der Waals surface area (Å²) in [5.74, 6) is -3.46. The first-order valence-corrected chi connectivity index (χ1v) is 9.28. The largest absolute Gasteiger partial charge is 0.403 e. The average Bonchev–Trinajstić information content (AvgIpc) is 2.86. The Morgan fingerprint density at radius 1 is 1.10 bits per heavy atom. The highest BCUT2D eigenvalue weighted by molar-refractivity contribution is 5.77. The van der Waals surface area contributed by atoms with Gasteiger partial charge >= 0.3 is 0 Å². The lowest BCUT2D eigenvalue weighted by molar-refractivity contribution is -0.132. The summed E-state index contributed by atoms with van der Waals surface area (Å²) in [6, 6.07) is 8.27. The Bertz CT molecular complexity index is 919. The molecular formula is C21H23F3N4O. The Hall–Kier alpha value is -3.00. The summed E-state index contributed by atoms with van der Waals surface area (Å²) in [6.07, 6.45) is 3.10. The minimum atomic E-state index is -1.25. The normalized spacial score (nSPS) is 15.3. The molecule has 0 bridgehead atoms. The molecule has 1 aliphatic rings. The lowest BCUT2D eigenvalue weighted by Crippen LogP contribution is -2.38. The van der Waals surface area contributed by atoms with Crippen molar-refractivity contribution in [3.8, 4) is 0 Å². The van der Waals surface area contributed by atoms with E-state index in [2.05, 4.69) is 0 Å². The van der Waals surface area contributed by atoms with Gasteiger partial charge < -0.3 is 21.3 Å². The highest BCUT2D eigenvalue weighted by atomic mass is 19.2. The van der Waals surface area contributed by atoms with Crippen molar-refractivity contribution in [2.24, 2.45) is 11.5 Å². The van der Waals surface area contributed by atoms with Crippen molar-refractivity contribution in [2.45, 2.75) is 25.4 Å². The lowest BCUT2D eigenvalue weighted by Gasteiger charge is -2.23. The van der Waals surface area contributed by atoms with Crippen molar-refractivity contribution in [3.05, 3.63) is 77.4 Å². The number of hydrogen-bond acceptors (Lipinski definition) is 4. The lowest BCUT2D eigenvalue weighted by atomic mass is 10.0. The van der Waals surface area contributed by atoms with Crippen LogP contribution in [0.25, 0.3) is 0 Å². The van der Waals surface area contributed by atoms with Gasteiger partial charge in [-0.3, -0.25) is 4.79 Å². The number of fused-ring (bicyclic) bond motifs is 1. The van der Waals surface area contributed by atoms with Gasteiger partial charge in [-0.05, 0) is 29.7 Å². The zero-order valence-corrected chi connectivity index (χ0v) is 15.8. The zero-order valence-electron chi connectivity index (χ0n) is 15.8. The summed E-state index contributed by atoms with van der Waals surface area (Å²) in [5.41, 5.74) is 13.4. The highest BCUT2D eigenvalue weighted by Crippen LogP contribution is 2.25. The van der Waals surface area contributed by atoms with Gasteiger partial charge in [-0.15, -0.1) is 0 Å². The van der Waals surface area contributed by atoms with Gasteiger partial charge in [0.25, 0.3) is 0 Å². The number of carbonyl (C=O) groups excluding carboxylic acids is 1. The standard InChI is InChI=1S/C21H23F3N4O/c22-17-12-19(24)18(23)10-15(17)9-16(26)11-21(29)28-8-7-27(6-5-25)20-4-2-1-3-14(20)13-28/h1-6,10,12,16H,7-9,11,13,25-26H2/b6-5-. The summed E-state index contributed by atoms with van der Waals surface area (Å²) in [5, 5.41) is 0. The van der Waals surface area contributed by atoms with E-state index in [1.54, 1.807) is 11.1 Å². The maximum absolute atomic E-state index is 13.8. The van der Waals surface area contributed by atoms with Gasteiger partial charge in [0.05, 0.1) is 0 Å². The molecule has 0 radical (unpaired) electrons. The molecular weight excluding hydrogens is 381 g/mol. The Balaban J connectivity index is 1.68. The summed E-state index contributed by atoms with van der Waals surface area (Å²) < 4.78 is 40.3. The summed E-state index contributed by atoms with van der Waals surface area (Å²) in [4.78, 5) is 16.4. The second-order valence-corrected chi connectivity index (χ2v) is 7.00. The molecule has 4 N–H and O–H groups in total. The number of benzene rings is 2. The third-order valence-corrected chi connectivity index (χ3v) is 4.90. The van der Waals surface area contributed by atoms with Gasteiger partial charge in [-0.25, -0.2) is 13.2 Å². The fraction of sp³-hybridized carbons (Fsp3) is 0.286. The van der Waals surface area contributed by atoms with Crippen LogP contribution in [0.5, 0.6) is 0 Å². The number of hydrogen-bond donors (Lipinski definition) is 2. The SMILES string of the molecule is N/C=C\N1CCN(C(=O)CC(N)Cc2cc(F)c(F)cc2F)Cc2ccccc21. The number of para-hydroxylation sites is 1. The molecule has 5 nitrogen and oxygen atoms in total. The minimum Gasteiger partial charge on any atom is -0.403 e. The van der Waals surface area contributed by atoms with E-state index in [9.17, 15) is 18.0 Å². The molecule has 3 rings (SSSR count). The van der Waals surface area contributed by atoms with E-state index in [1.807, 2.05) is 29.2 Å². The molecule has 0 spiro atoms. The maximum atomic E-state index is 13.8. The van der Waals surface area contributed by atoms with Crippen LogP contribution < -0.4 is 16.4 Å². The maximum Gasteiger partial charge on any atom is 0.224 e. The Morgan fingerprint density at radius 2 is 1.83 bits per heavy atom. The van der Waals surface area contributed by atoms with E-state index in [0.717, 1.165) is 17.3 Å². The molecule has 0 saturated heterocycles. The number of carbonyl (C=O) groups is 1. The second-order valence-electron chi connectivity index (χ2n) is 7.00. The summed E-state index contributed by atoms with van der Waals surface area (Å²) >= 11 is 0. The molecule has 8 heteroatoms. The smallest absolute Gasteiger partial charge is 0.224 e. The zero-order chi connectivity index (χ0) is 21.0. The first kappa shape index (κ1) is 20.7. The third kappa shape index (κ3) is 4.89. The fourth-order valence-electron chi connectivity index (χ4n) is 3.46. The molecule has 29 heavy (non-hydrogen) atoms. The molecule has 2 aromatic carbocycles. The van der Waals surface area contributed by atoms with Crippen LogP contribution >= 0.6 is 0 Å². The summed E-state index contributed by atoms with van der Waals surface area (Å²) in [6.45, 7) is 1.43. The van der Waals surface area contributed by atoms with Crippen LogP contribution in [0.2, 0.25) is 0 Å². The molecule has 1 amide bonds. The van der Waals surface area contributed by atoms with Gasteiger partial charge in [0.15, 0.2) is 11.6 Å². The Kier molecular flexibility index (Phi) is 6.43. The number of anilines is 1. The third-order valence-electron chi connectivity index (χ3n) is 4.90. The monoisotopic (exact) mass is 404 g/mol. The Morgan fingerprint density at radius 3 is 2.59 bits per heavy atom. The minimum absolute atomic E-state index is 0.0344. The van der Waals surface area contributed by atoms with E-state index in [1.165, 1.54) is 6.20 Å². The van der Waals surface area contributed by atoms with E-state index in [4.69, 9.17) is 11.5 Å². The van der Waals surface area contributed by atoms with Crippen molar-refractivity contribution in [3.63, 3.8) is 0 Å². The van der Waals surface area contributed by atoms with Crippen LogP contribution in [0.3, 0.4) is 0 Å². The topological polar surface area (TPSA) is 75.6 Å². The molecule has 1 unspecified atom stereocenters. The predicted octanol–water partition coefficient (Wildman–Crippen LogP) is 2.64. The van der Waals surface area contributed by atoms with Crippen molar-refractivity contribution >= 4 is 11.6 Å². The molecule has 0 aliphatic carbocycles. The van der Waals surface area contributed by atoms with Crippen molar-refractivity contribution in [2.75, 3.05) is 18.0 Å². The summed E-state index contributed by atoms with van der Waals surface area (Å²) in [7, 11) is 0. The van der Waals surface area contributed by atoms with Crippen molar-refractivity contribution in [1.29, 1.82) is 0 Å². The number of amides is 1. The van der Waals surface area contributed by atoms with E-state index >= 15 is 0 Å². The van der Waals surface area contributed by atoms with Crippen LogP contribution in [0.4, 0.5) is 18.9 Å². The van der Waals surface area contributed by atoms with Crippen LogP contribution in [-0.4, -0.2) is 29.9 Å². The quantitative estimate of drug-likeness (QED) is 0.752. The van der Waals surface area contributed by atoms with Crippen LogP contribution in [-0.2, 0) is 17.8 Å². The van der Waals surface area contributed by atoms with Gasteiger partial charge in [0, 0.05) is 56.3 Å². The molecule has 1 heterocycles. The van der Waals surface area contributed by atoms with Gasteiger partial charge in [0.1, 0.15) is 5.82 Å². The van der Waals surface area contributed by atoms with Crippen molar-refractivity contribution < 1.29 is 18.0 Å².